The van der Waals surface area contributed by atoms with E-state index in [1.165, 1.54) is 11.0 Å². The average molecular weight is 483 g/mol. The number of nitrogens with zero attached hydrogens (tertiary/aromatic N) is 2. The second-order valence-corrected chi connectivity index (χ2v) is 9.46. The van der Waals surface area contributed by atoms with Gasteiger partial charge in [0.2, 0.25) is 5.43 Å². The van der Waals surface area contributed by atoms with Gasteiger partial charge in [-0.05, 0) is 49.6 Å². The number of aromatic nitrogens is 1. The van der Waals surface area contributed by atoms with Crippen LogP contribution in [0.25, 0.3) is 16.8 Å². The molecule has 0 spiro atoms. The summed E-state index contributed by atoms with van der Waals surface area (Å²) in [5.74, 6) is 0.553. The zero-order valence-electron chi connectivity index (χ0n) is 21.0. The highest BCUT2D eigenvalue weighted by atomic mass is 16.6. The molecule has 1 amide bonds. The molecule has 6 nitrogen and oxygen atoms in total. The van der Waals surface area contributed by atoms with Crippen molar-refractivity contribution in [1.82, 2.24) is 4.57 Å². The first-order valence-corrected chi connectivity index (χ1v) is 11.8. The maximum absolute atomic E-state index is 13.0. The first-order valence-electron chi connectivity index (χ1n) is 11.8. The maximum Gasteiger partial charge on any atom is 0.415 e. The molecule has 184 valence electrons. The number of amides is 1. The Bertz CT molecular complexity index is 1390. The van der Waals surface area contributed by atoms with E-state index in [0.29, 0.717) is 5.82 Å². The molecule has 0 aliphatic carbocycles. The highest BCUT2D eigenvalue weighted by Gasteiger charge is 2.24. The monoisotopic (exact) mass is 482 g/mol. The Labute approximate surface area is 211 Å². The molecule has 1 heterocycles. The number of benzene rings is 3. The minimum absolute atomic E-state index is 0.185. The fourth-order valence-corrected chi connectivity index (χ4v) is 3.70. The van der Waals surface area contributed by atoms with Gasteiger partial charge in [0.1, 0.15) is 18.0 Å². The predicted molar refractivity (Wildman–Crippen MR) is 143 cm³/mol. The summed E-state index contributed by atoms with van der Waals surface area (Å²) < 4.78 is 13.2. The van der Waals surface area contributed by atoms with E-state index in [2.05, 4.69) is 0 Å². The summed E-state index contributed by atoms with van der Waals surface area (Å²) in [5, 5.41) is 0. The van der Waals surface area contributed by atoms with Gasteiger partial charge in [0.25, 0.3) is 0 Å². The molecule has 4 aromatic rings. The summed E-state index contributed by atoms with van der Waals surface area (Å²) in [7, 11) is 1.59. The SMILES string of the molecule is CN(C(=O)OC(C)(C)C)c1cc(=O)c(OCc2ccccc2)cn1-c1cccc(-c2ccccc2)c1. The van der Waals surface area contributed by atoms with Crippen molar-refractivity contribution < 1.29 is 14.3 Å². The van der Waals surface area contributed by atoms with E-state index in [1.807, 2.05) is 84.9 Å². The van der Waals surface area contributed by atoms with Crippen molar-refractivity contribution in [3.8, 4) is 22.6 Å². The van der Waals surface area contributed by atoms with E-state index in [0.717, 1.165) is 22.4 Å². The molecular formula is C30H30N2O4. The fourth-order valence-electron chi connectivity index (χ4n) is 3.70. The predicted octanol–water partition coefficient (Wildman–Crippen LogP) is 6.45. The summed E-state index contributed by atoms with van der Waals surface area (Å²) in [6.07, 6.45) is 1.07. The van der Waals surface area contributed by atoms with Crippen molar-refractivity contribution in [1.29, 1.82) is 0 Å². The van der Waals surface area contributed by atoms with E-state index in [1.54, 1.807) is 38.6 Å². The van der Waals surface area contributed by atoms with Gasteiger partial charge < -0.3 is 9.47 Å². The smallest absolute Gasteiger partial charge is 0.415 e. The van der Waals surface area contributed by atoms with Crippen molar-refractivity contribution in [2.45, 2.75) is 33.0 Å². The van der Waals surface area contributed by atoms with Crippen LogP contribution in [0.3, 0.4) is 0 Å². The highest BCUT2D eigenvalue weighted by molar-refractivity contribution is 5.86. The van der Waals surface area contributed by atoms with Crippen molar-refractivity contribution >= 4 is 11.9 Å². The molecule has 0 atom stereocenters. The second-order valence-electron chi connectivity index (χ2n) is 9.46. The van der Waals surface area contributed by atoms with Crippen molar-refractivity contribution in [3.63, 3.8) is 0 Å². The lowest BCUT2D eigenvalue weighted by molar-refractivity contribution is 0.0587. The van der Waals surface area contributed by atoms with Gasteiger partial charge in [0.05, 0.1) is 6.20 Å². The Hall–Kier alpha value is -4.32. The second kappa shape index (κ2) is 10.5. The molecule has 0 aliphatic heterocycles. The Morgan fingerprint density at radius 3 is 2.17 bits per heavy atom. The number of hydrogen-bond donors (Lipinski definition) is 0. The number of pyridine rings is 1. The van der Waals surface area contributed by atoms with E-state index < -0.39 is 11.7 Å². The summed E-state index contributed by atoms with van der Waals surface area (Å²) in [5.41, 5.74) is 2.78. The van der Waals surface area contributed by atoms with Crippen LogP contribution in [-0.4, -0.2) is 23.3 Å². The van der Waals surface area contributed by atoms with Crippen LogP contribution < -0.4 is 15.1 Å². The Kier molecular flexibility index (Phi) is 7.25. The molecule has 0 unspecified atom stereocenters. The minimum atomic E-state index is -0.678. The lowest BCUT2D eigenvalue weighted by atomic mass is 10.1. The van der Waals surface area contributed by atoms with Gasteiger partial charge in [-0.1, -0.05) is 72.8 Å². The number of carbonyl (C=O) groups is 1. The first-order chi connectivity index (χ1) is 17.2. The first kappa shape index (κ1) is 24.8. The largest absolute Gasteiger partial charge is 0.483 e. The molecule has 4 rings (SSSR count). The molecule has 0 N–H and O–H groups in total. The van der Waals surface area contributed by atoms with Gasteiger partial charge in [-0.15, -0.1) is 0 Å². The number of carbonyl (C=O) groups excluding carboxylic acids is 1. The van der Waals surface area contributed by atoms with Crippen LogP contribution in [-0.2, 0) is 11.3 Å². The highest BCUT2D eigenvalue weighted by Crippen LogP contribution is 2.27. The third-order valence-corrected chi connectivity index (χ3v) is 5.48. The lowest BCUT2D eigenvalue weighted by Crippen LogP contribution is -2.36. The third-order valence-electron chi connectivity index (χ3n) is 5.48. The Morgan fingerprint density at radius 2 is 1.50 bits per heavy atom. The number of rotatable bonds is 6. The number of ether oxygens (including phenoxy) is 2. The molecule has 0 fully saturated rings. The summed E-state index contributed by atoms with van der Waals surface area (Å²) in [4.78, 5) is 27.3. The summed E-state index contributed by atoms with van der Waals surface area (Å²) in [6.45, 7) is 5.66. The molecule has 3 aromatic carbocycles. The zero-order valence-corrected chi connectivity index (χ0v) is 21.0. The Morgan fingerprint density at radius 1 is 0.861 bits per heavy atom. The maximum atomic E-state index is 13.0. The standard InChI is InChI=1S/C30H30N2O4/c1-30(2,3)36-29(34)31(4)28-19-26(33)27(35-21-22-12-7-5-8-13-22)20-32(28)25-17-11-16-24(18-25)23-14-9-6-10-15-23/h5-20H,21H2,1-4H3. The van der Waals surface area contributed by atoms with Crippen LogP contribution in [0.15, 0.2) is 102 Å². The van der Waals surface area contributed by atoms with Gasteiger partial charge in [-0.3, -0.25) is 14.3 Å². The summed E-state index contributed by atoms with van der Waals surface area (Å²) in [6, 6.07) is 28.9. The lowest BCUT2D eigenvalue weighted by Gasteiger charge is -2.27. The number of anilines is 1. The van der Waals surface area contributed by atoms with Gasteiger partial charge in [0, 0.05) is 18.8 Å². The van der Waals surface area contributed by atoms with Crippen LogP contribution in [0.1, 0.15) is 26.3 Å². The van der Waals surface area contributed by atoms with Crippen molar-refractivity contribution in [3.05, 3.63) is 113 Å². The average Bonchev–Trinajstić information content (AvgIpc) is 2.87. The van der Waals surface area contributed by atoms with E-state index in [4.69, 9.17) is 9.47 Å². The topological polar surface area (TPSA) is 60.8 Å². The Balaban J connectivity index is 1.78. The van der Waals surface area contributed by atoms with Gasteiger partial charge >= 0.3 is 6.09 Å². The van der Waals surface area contributed by atoms with Crippen LogP contribution in [0.5, 0.6) is 5.75 Å². The normalized spacial score (nSPS) is 11.1. The van der Waals surface area contributed by atoms with E-state index in [-0.39, 0.29) is 17.8 Å². The van der Waals surface area contributed by atoms with Gasteiger partial charge in [0.15, 0.2) is 5.75 Å². The van der Waals surface area contributed by atoms with Crippen molar-refractivity contribution in [2.75, 3.05) is 11.9 Å². The van der Waals surface area contributed by atoms with Crippen LogP contribution in [0.2, 0.25) is 0 Å². The van der Waals surface area contributed by atoms with Crippen LogP contribution in [0.4, 0.5) is 10.6 Å². The molecule has 0 saturated heterocycles. The summed E-state index contributed by atoms with van der Waals surface area (Å²) >= 11 is 0. The van der Waals surface area contributed by atoms with E-state index >= 15 is 0 Å². The molecule has 0 saturated carbocycles. The van der Waals surface area contributed by atoms with Gasteiger partial charge in [-0.2, -0.15) is 0 Å². The quantitative estimate of drug-likeness (QED) is 0.317. The molecule has 1 aromatic heterocycles. The number of hydrogen-bond acceptors (Lipinski definition) is 4. The van der Waals surface area contributed by atoms with Gasteiger partial charge in [-0.25, -0.2) is 4.79 Å². The van der Waals surface area contributed by atoms with Crippen molar-refractivity contribution in [2.24, 2.45) is 0 Å². The molecule has 6 heteroatoms. The molecular weight excluding hydrogens is 452 g/mol. The van der Waals surface area contributed by atoms with E-state index in [9.17, 15) is 9.59 Å². The molecule has 36 heavy (non-hydrogen) atoms. The fraction of sp³-hybridized carbons (Fsp3) is 0.200. The van der Waals surface area contributed by atoms with Crippen LogP contribution in [0, 0.1) is 0 Å². The molecule has 0 radical (unpaired) electrons. The van der Waals surface area contributed by atoms with Crippen LogP contribution >= 0.6 is 0 Å². The third kappa shape index (κ3) is 6.02. The molecule has 0 bridgehead atoms. The molecule has 0 aliphatic rings. The minimum Gasteiger partial charge on any atom is -0.483 e. The zero-order chi connectivity index (χ0) is 25.7.